The number of carbonyl (C=O) groups is 2. The number of nitrogens with zero attached hydrogens (tertiary/aromatic N) is 2. The highest BCUT2D eigenvalue weighted by Crippen LogP contribution is 2.30. The lowest BCUT2D eigenvalue weighted by Crippen LogP contribution is -2.42. The summed E-state index contributed by atoms with van der Waals surface area (Å²) in [6.07, 6.45) is 0.402. The largest absolute Gasteiger partial charge is 0.497 e. The summed E-state index contributed by atoms with van der Waals surface area (Å²) in [5, 5.41) is 5.14. The average molecular weight is 267 g/mol. The summed E-state index contributed by atoms with van der Waals surface area (Å²) in [6, 6.07) is 6.73. The topological polar surface area (TPSA) is 59.0 Å². The van der Waals surface area contributed by atoms with E-state index in [0.717, 1.165) is 5.01 Å². The average Bonchev–Trinajstić information content (AvgIpc) is 2.64. The lowest BCUT2D eigenvalue weighted by atomic mass is 10.1. The summed E-state index contributed by atoms with van der Waals surface area (Å²) >= 11 is 5.94. The van der Waals surface area contributed by atoms with Gasteiger partial charge in [-0.25, -0.2) is 0 Å². The Bertz CT molecular complexity index is 527. The summed E-state index contributed by atoms with van der Waals surface area (Å²) in [5.41, 5.74) is 0.796. The molecule has 1 amide bonds. The van der Waals surface area contributed by atoms with Gasteiger partial charge in [-0.1, -0.05) is 11.6 Å². The highest BCUT2D eigenvalue weighted by Gasteiger charge is 2.48. The molecular formula is C12H11ClN2O3. The van der Waals surface area contributed by atoms with E-state index in [1.54, 1.807) is 38.3 Å². The molecule has 0 N–H and O–H groups in total. The molecule has 1 atom stereocenters. The molecule has 0 fully saturated rings. The maximum Gasteiger partial charge on any atom is 0.281 e. The molecule has 1 unspecified atom stereocenters. The second-order valence-corrected chi connectivity index (χ2v) is 4.43. The molecule has 6 heteroatoms. The number of anilines is 1. The van der Waals surface area contributed by atoms with E-state index in [2.05, 4.69) is 5.10 Å². The summed E-state index contributed by atoms with van der Waals surface area (Å²) < 4.78 is 5.02. The van der Waals surface area contributed by atoms with Crippen LogP contribution in [-0.2, 0) is 9.59 Å². The molecule has 0 saturated carbocycles. The van der Waals surface area contributed by atoms with Crippen molar-refractivity contribution in [3.8, 4) is 5.75 Å². The molecule has 94 valence electrons. The molecule has 0 spiro atoms. The number of ether oxygens (including phenoxy) is 1. The first-order valence-electron chi connectivity index (χ1n) is 5.22. The van der Waals surface area contributed by atoms with E-state index in [1.807, 2.05) is 0 Å². The minimum Gasteiger partial charge on any atom is -0.497 e. The van der Waals surface area contributed by atoms with Gasteiger partial charge in [-0.2, -0.15) is 10.1 Å². The molecule has 0 saturated heterocycles. The third-order valence-corrected chi connectivity index (χ3v) is 3.28. The summed E-state index contributed by atoms with van der Waals surface area (Å²) in [5.74, 6) is 0.0976. The molecule has 0 aromatic heterocycles. The standard InChI is InChI=1S/C12H11ClN2O3/c1-8-12(13,7-16)11(17)15(14-8)9-3-5-10(18-2)6-4-9/h3-7H,1-2H3. The zero-order chi connectivity index (χ0) is 13.3. The summed E-state index contributed by atoms with van der Waals surface area (Å²) in [4.78, 5) is 21.3. The van der Waals surface area contributed by atoms with Gasteiger partial charge < -0.3 is 9.53 Å². The Morgan fingerprint density at radius 3 is 2.44 bits per heavy atom. The van der Waals surface area contributed by atoms with Crippen LogP contribution in [0, 0.1) is 0 Å². The Morgan fingerprint density at radius 2 is 2.00 bits per heavy atom. The second-order valence-electron chi connectivity index (χ2n) is 3.83. The van der Waals surface area contributed by atoms with Gasteiger partial charge in [-0.05, 0) is 31.2 Å². The van der Waals surface area contributed by atoms with E-state index in [1.165, 1.54) is 0 Å². The van der Waals surface area contributed by atoms with Gasteiger partial charge in [0.05, 0.1) is 18.5 Å². The van der Waals surface area contributed by atoms with Gasteiger partial charge >= 0.3 is 0 Å². The van der Waals surface area contributed by atoms with Crippen LogP contribution >= 0.6 is 11.6 Å². The van der Waals surface area contributed by atoms with E-state index < -0.39 is 10.8 Å². The Hall–Kier alpha value is -1.88. The molecule has 0 radical (unpaired) electrons. The number of benzene rings is 1. The van der Waals surface area contributed by atoms with E-state index in [0.29, 0.717) is 17.7 Å². The molecule has 1 aliphatic heterocycles. The maximum atomic E-state index is 12.0. The number of alkyl halides is 1. The number of halogens is 1. The van der Waals surface area contributed by atoms with Crippen molar-refractivity contribution in [2.75, 3.05) is 12.1 Å². The molecule has 5 nitrogen and oxygen atoms in total. The van der Waals surface area contributed by atoms with Gasteiger partial charge in [0, 0.05) is 0 Å². The predicted octanol–water partition coefficient (Wildman–Crippen LogP) is 1.59. The van der Waals surface area contributed by atoms with Crippen LogP contribution < -0.4 is 9.75 Å². The first-order chi connectivity index (χ1) is 8.52. The predicted molar refractivity (Wildman–Crippen MR) is 68.2 cm³/mol. The highest BCUT2D eigenvalue weighted by molar-refractivity contribution is 6.58. The minimum atomic E-state index is -1.68. The van der Waals surface area contributed by atoms with Crippen molar-refractivity contribution in [1.29, 1.82) is 0 Å². The van der Waals surface area contributed by atoms with Gasteiger partial charge in [0.1, 0.15) is 5.75 Å². The number of carbonyl (C=O) groups excluding carboxylic acids is 2. The molecule has 0 bridgehead atoms. The normalized spacial score (nSPS) is 22.9. The van der Waals surface area contributed by atoms with E-state index in [4.69, 9.17) is 16.3 Å². The van der Waals surface area contributed by atoms with Crippen molar-refractivity contribution in [2.24, 2.45) is 5.10 Å². The molecule has 18 heavy (non-hydrogen) atoms. The molecule has 1 heterocycles. The van der Waals surface area contributed by atoms with Crippen LogP contribution in [0.2, 0.25) is 0 Å². The van der Waals surface area contributed by atoms with Crippen LogP contribution in [0.1, 0.15) is 6.92 Å². The zero-order valence-corrected chi connectivity index (χ0v) is 10.6. The van der Waals surface area contributed by atoms with Crippen molar-refractivity contribution in [3.05, 3.63) is 24.3 Å². The summed E-state index contributed by atoms with van der Waals surface area (Å²) in [7, 11) is 1.55. The van der Waals surface area contributed by atoms with Crippen LogP contribution in [0.5, 0.6) is 5.75 Å². The third-order valence-electron chi connectivity index (χ3n) is 2.76. The number of hydrogen-bond donors (Lipinski definition) is 0. The second kappa shape index (κ2) is 4.42. The van der Waals surface area contributed by atoms with E-state index >= 15 is 0 Å². The van der Waals surface area contributed by atoms with Gasteiger partial charge in [0.25, 0.3) is 5.91 Å². The number of rotatable bonds is 3. The van der Waals surface area contributed by atoms with Crippen molar-refractivity contribution < 1.29 is 14.3 Å². The highest BCUT2D eigenvalue weighted by atomic mass is 35.5. The molecular weight excluding hydrogens is 256 g/mol. The maximum absolute atomic E-state index is 12.0. The van der Waals surface area contributed by atoms with Crippen LogP contribution in [0.3, 0.4) is 0 Å². The van der Waals surface area contributed by atoms with Crippen molar-refractivity contribution >= 4 is 35.2 Å². The minimum absolute atomic E-state index is 0.264. The SMILES string of the molecule is COc1ccc(N2N=C(C)C(Cl)(C=O)C2=O)cc1. The van der Waals surface area contributed by atoms with E-state index in [-0.39, 0.29) is 5.71 Å². The van der Waals surface area contributed by atoms with Crippen LogP contribution in [0.15, 0.2) is 29.4 Å². The fraction of sp³-hybridized carbons (Fsp3) is 0.250. The fourth-order valence-corrected chi connectivity index (χ4v) is 1.73. The first kappa shape index (κ1) is 12.6. The Morgan fingerprint density at radius 1 is 1.39 bits per heavy atom. The van der Waals surface area contributed by atoms with Crippen molar-refractivity contribution in [3.63, 3.8) is 0 Å². The smallest absolute Gasteiger partial charge is 0.281 e. The molecule has 1 aromatic rings. The van der Waals surface area contributed by atoms with Crippen LogP contribution in [-0.4, -0.2) is 29.9 Å². The zero-order valence-electron chi connectivity index (χ0n) is 9.88. The van der Waals surface area contributed by atoms with Gasteiger partial charge in [-0.3, -0.25) is 4.79 Å². The molecule has 1 aromatic carbocycles. The quantitative estimate of drug-likeness (QED) is 0.474. The number of hydrogen-bond acceptors (Lipinski definition) is 4. The van der Waals surface area contributed by atoms with Gasteiger partial charge in [-0.15, -0.1) is 0 Å². The Kier molecular flexibility index (Phi) is 3.09. The van der Waals surface area contributed by atoms with Gasteiger partial charge in [0.2, 0.25) is 4.87 Å². The lowest BCUT2D eigenvalue weighted by Gasteiger charge is -2.15. The number of methoxy groups -OCH3 is 1. The number of amides is 1. The van der Waals surface area contributed by atoms with Crippen LogP contribution in [0.25, 0.3) is 0 Å². The number of hydrazone groups is 1. The monoisotopic (exact) mass is 266 g/mol. The molecule has 0 aliphatic carbocycles. The number of aldehydes is 1. The Balaban J connectivity index is 2.36. The third kappa shape index (κ3) is 1.76. The van der Waals surface area contributed by atoms with E-state index in [9.17, 15) is 9.59 Å². The lowest BCUT2D eigenvalue weighted by molar-refractivity contribution is -0.122. The van der Waals surface area contributed by atoms with Crippen LogP contribution in [0.4, 0.5) is 5.69 Å². The first-order valence-corrected chi connectivity index (χ1v) is 5.60. The fourth-order valence-electron chi connectivity index (χ4n) is 1.61. The summed E-state index contributed by atoms with van der Waals surface area (Å²) in [6.45, 7) is 1.54. The Labute approximate surface area is 109 Å². The van der Waals surface area contributed by atoms with Crippen molar-refractivity contribution in [2.45, 2.75) is 11.8 Å². The molecule has 2 rings (SSSR count). The molecule has 1 aliphatic rings. The van der Waals surface area contributed by atoms with Crippen molar-refractivity contribution in [1.82, 2.24) is 0 Å². The van der Waals surface area contributed by atoms with Gasteiger partial charge in [0.15, 0.2) is 6.29 Å².